The van der Waals surface area contributed by atoms with E-state index in [9.17, 15) is 4.79 Å². The fourth-order valence-electron chi connectivity index (χ4n) is 3.69. The van der Waals surface area contributed by atoms with Gasteiger partial charge in [-0.1, -0.05) is 18.2 Å². The lowest BCUT2D eigenvalue weighted by molar-refractivity contribution is -0.136. The molecule has 138 valence electrons. The Kier molecular flexibility index (Phi) is 6.32. The maximum atomic E-state index is 13.0. The second kappa shape index (κ2) is 8.68. The highest BCUT2D eigenvalue weighted by molar-refractivity contribution is 5.85. The molecule has 2 heterocycles. The minimum Gasteiger partial charge on any atom is -0.493 e. The molecule has 1 fully saturated rings. The predicted molar refractivity (Wildman–Crippen MR) is 98.0 cm³/mol. The normalized spacial score (nSPS) is 21.1. The molecule has 3 rings (SSSR count). The molecule has 2 aliphatic heterocycles. The largest absolute Gasteiger partial charge is 0.493 e. The number of benzene rings is 1. The van der Waals surface area contributed by atoms with Crippen LogP contribution in [0.5, 0.6) is 5.75 Å². The highest BCUT2D eigenvalue weighted by Crippen LogP contribution is 2.35. The summed E-state index contributed by atoms with van der Waals surface area (Å²) in [6.07, 6.45) is 4.02. The van der Waals surface area contributed by atoms with Gasteiger partial charge in [-0.2, -0.15) is 0 Å². The highest BCUT2D eigenvalue weighted by Gasteiger charge is 2.32. The van der Waals surface area contributed by atoms with Crippen molar-refractivity contribution in [1.82, 2.24) is 9.80 Å². The Morgan fingerprint density at radius 3 is 2.76 bits per heavy atom. The van der Waals surface area contributed by atoms with Gasteiger partial charge in [0.1, 0.15) is 5.75 Å². The molecule has 5 nitrogen and oxygen atoms in total. The Morgan fingerprint density at radius 1 is 1.24 bits per heavy atom. The first-order valence-corrected chi connectivity index (χ1v) is 9.42. The van der Waals surface area contributed by atoms with E-state index in [1.54, 1.807) is 0 Å². The van der Waals surface area contributed by atoms with Crippen molar-refractivity contribution in [2.45, 2.75) is 37.7 Å². The number of likely N-dealkylation sites (tertiary alicyclic amines) is 1. The van der Waals surface area contributed by atoms with E-state index in [1.165, 1.54) is 0 Å². The molecule has 0 aliphatic carbocycles. The molecule has 0 N–H and O–H groups in total. The molecule has 5 heteroatoms. The topological polar surface area (TPSA) is 42.0 Å². The number of para-hydroxylation sites is 1. The van der Waals surface area contributed by atoms with E-state index in [0.29, 0.717) is 12.7 Å². The van der Waals surface area contributed by atoms with Crippen LogP contribution in [0.4, 0.5) is 0 Å². The smallest absolute Gasteiger partial charge is 0.230 e. The molecule has 0 radical (unpaired) electrons. The molecule has 0 spiro atoms. The van der Waals surface area contributed by atoms with Crippen LogP contribution in [-0.2, 0) is 9.53 Å². The zero-order chi connectivity index (χ0) is 17.6. The van der Waals surface area contributed by atoms with Gasteiger partial charge in [-0.3, -0.25) is 4.79 Å². The van der Waals surface area contributed by atoms with Gasteiger partial charge < -0.3 is 19.3 Å². The zero-order valence-corrected chi connectivity index (χ0v) is 15.4. The second-order valence-corrected chi connectivity index (χ2v) is 7.28. The Bertz CT molecular complexity index is 568. The van der Waals surface area contributed by atoms with Crippen molar-refractivity contribution in [2.75, 3.05) is 46.9 Å². The number of rotatable bonds is 6. The number of hydrogen-bond donors (Lipinski definition) is 0. The van der Waals surface area contributed by atoms with E-state index in [-0.39, 0.29) is 11.8 Å². The summed E-state index contributed by atoms with van der Waals surface area (Å²) in [4.78, 5) is 17.2. The van der Waals surface area contributed by atoms with Crippen LogP contribution < -0.4 is 4.74 Å². The van der Waals surface area contributed by atoms with Crippen molar-refractivity contribution in [2.24, 2.45) is 0 Å². The molecule has 0 aromatic heterocycles. The lowest BCUT2D eigenvalue weighted by Gasteiger charge is -2.35. The SMILES string of the molecule is CN(C)CCCOC1CCN(C(=O)[C@H]2CCOc3ccccc32)CC1. The summed E-state index contributed by atoms with van der Waals surface area (Å²) in [5.74, 6) is 1.07. The molecule has 0 bridgehead atoms. The standard InChI is InChI=1S/C20H30N2O3/c1-21(2)11-5-14-24-16-8-12-22(13-9-16)20(23)18-10-15-25-19-7-4-3-6-17(18)19/h3-4,6-7,16,18H,5,8-15H2,1-2H3/t18-/m0/s1. The summed E-state index contributed by atoms with van der Waals surface area (Å²) in [5, 5.41) is 0. The number of nitrogens with zero attached hydrogens (tertiary/aromatic N) is 2. The third-order valence-electron chi connectivity index (χ3n) is 5.11. The van der Waals surface area contributed by atoms with Crippen LogP contribution in [0.3, 0.4) is 0 Å². The fraction of sp³-hybridized carbons (Fsp3) is 0.650. The molecular weight excluding hydrogens is 316 g/mol. The van der Waals surface area contributed by atoms with Crippen molar-refractivity contribution >= 4 is 5.91 Å². The van der Waals surface area contributed by atoms with Gasteiger partial charge in [-0.15, -0.1) is 0 Å². The highest BCUT2D eigenvalue weighted by atomic mass is 16.5. The van der Waals surface area contributed by atoms with Crippen LogP contribution in [0.15, 0.2) is 24.3 Å². The number of piperidine rings is 1. The van der Waals surface area contributed by atoms with Crippen LogP contribution in [0.25, 0.3) is 0 Å². The molecular formula is C20H30N2O3. The zero-order valence-electron chi connectivity index (χ0n) is 15.4. The van der Waals surface area contributed by atoms with Gasteiger partial charge in [0.15, 0.2) is 0 Å². The van der Waals surface area contributed by atoms with Crippen LogP contribution in [0.2, 0.25) is 0 Å². The minimum absolute atomic E-state index is 0.0532. The number of carbonyl (C=O) groups is 1. The summed E-state index contributed by atoms with van der Waals surface area (Å²) in [5.41, 5.74) is 1.04. The van der Waals surface area contributed by atoms with Crippen molar-refractivity contribution in [1.29, 1.82) is 0 Å². The fourth-order valence-corrected chi connectivity index (χ4v) is 3.69. The van der Waals surface area contributed by atoms with E-state index < -0.39 is 0 Å². The Morgan fingerprint density at radius 2 is 2.00 bits per heavy atom. The number of amides is 1. The molecule has 0 saturated carbocycles. The monoisotopic (exact) mass is 346 g/mol. The summed E-state index contributed by atoms with van der Waals surface area (Å²) >= 11 is 0. The minimum atomic E-state index is -0.0532. The summed E-state index contributed by atoms with van der Waals surface area (Å²) in [6.45, 7) is 4.09. The third-order valence-corrected chi connectivity index (χ3v) is 5.11. The van der Waals surface area contributed by atoms with Crippen LogP contribution in [0.1, 0.15) is 37.2 Å². The number of hydrogen-bond acceptors (Lipinski definition) is 4. The summed E-state index contributed by atoms with van der Waals surface area (Å²) in [7, 11) is 4.16. The quantitative estimate of drug-likeness (QED) is 0.742. The Hall–Kier alpha value is -1.59. The molecule has 1 atom stereocenters. The Balaban J connectivity index is 1.48. The lowest BCUT2D eigenvalue weighted by Crippen LogP contribution is -2.44. The Labute approximate surface area is 150 Å². The van der Waals surface area contributed by atoms with Gasteiger partial charge in [0.25, 0.3) is 0 Å². The molecule has 2 aliphatic rings. The van der Waals surface area contributed by atoms with Crippen molar-refractivity contribution in [3.8, 4) is 5.75 Å². The van der Waals surface area contributed by atoms with Crippen molar-refractivity contribution in [3.05, 3.63) is 29.8 Å². The third kappa shape index (κ3) is 4.73. The van der Waals surface area contributed by atoms with Crippen molar-refractivity contribution in [3.63, 3.8) is 0 Å². The van der Waals surface area contributed by atoms with Gasteiger partial charge in [-0.05, 0) is 52.4 Å². The average molecular weight is 346 g/mol. The van der Waals surface area contributed by atoms with E-state index in [1.807, 2.05) is 29.2 Å². The van der Waals surface area contributed by atoms with Gasteiger partial charge >= 0.3 is 0 Å². The maximum Gasteiger partial charge on any atom is 0.230 e. The number of carbonyl (C=O) groups excluding carboxylic acids is 1. The molecule has 0 unspecified atom stereocenters. The second-order valence-electron chi connectivity index (χ2n) is 7.28. The molecule has 25 heavy (non-hydrogen) atoms. The van der Waals surface area contributed by atoms with E-state index in [2.05, 4.69) is 19.0 Å². The van der Waals surface area contributed by atoms with Crippen LogP contribution in [0, 0.1) is 0 Å². The van der Waals surface area contributed by atoms with Gasteiger partial charge in [0, 0.05) is 25.3 Å². The van der Waals surface area contributed by atoms with E-state index in [4.69, 9.17) is 9.47 Å². The van der Waals surface area contributed by atoms with Gasteiger partial charge in [0.05, 0.1) is 18.6 Å². The lowest BCUT2D eigenvalue weighted by atomic mass is 9.91. The summed E-state index contributed by atoms with van der Waals surface area (Å²) < 4.78 is 11.7. The molecule has 1 saturated heterocycles. The summed E-state index contributed by atoms with van der Waals surface area (Å²) in [6, 6.07) is 7.94. The first-order chi connectivity index (χ1) is 12.1. The van der Waals surface area contributed by atoms with Crippen LogP contribution >= 0.6 is 0 Å². The predicted octanol–water partition coefficient (Wildman–Crippen LogP) is 2.51. The molecule has 1 aromatic carbocycles. The maximum absolute atomic E-state index is 13.0. The first-order valence-electron chi connectivity index (χ1n) is 9.42. The van der Waals surface area contributed by atoms with Gasteiger partial charge in [0.2, 0.25) is 5.91 Å². The molecule has 1 aromatic rings. The molecule has 1 amide bonds. The first kappa shape index (κ1) is 18.2. The van der Waals surface area contributed by atoms with E-state index in [0.717, 1.165) is 63.2 Å². The van der Waals surface area contributed by atoms with E-state index >= 15 is 0 Å². The van der Waals surface area contributed by atoms with Crippen molar-refractivity contribution < 1.29 is 14.3 Å². The number of fused-ring (bicyclic) bond motifs is 1. The number of ether oxygens (including phenoxy) is 2. The average Bonchev–Trinajstić information content (AvgIpc) is 2.64. The van der Waals surface area contributed by atoms with Gasteiger partial charge in [-0.25, -0.2) is 0 Å². The van der Waals surface area contributed by atoms with Crippen LogP contribution in [-0.4, -0.2) is 68.8 Å².